The van der Waals surface area contributed by atoms with Gasteiger partial charge in [-0.3, -0.25) is 14.2 Å². The molecule has 1 atom stereocenters. The molecule has 1 aliphatic rings. The lowest BCUT2D eigenvalue weighted by atomic mass is 9.94. The maximum Gasteiger partial charge on any atom is 0.271 e. The number of rotatable bonds is 6. The van der Waals surface area contributed by atoms with Crippen molar-refractivity contribution >= 4 is 46.5 Å². The number of halogens is 2. The number of amides is 1. The molecule has 188 valence electrons. The van der Waals surface area contributed by atoms with Crippen LogP contribution in [0, 0.1) is 0 Å². The fraction of sp³-hybridized carbons (Fsp3) is 0.269. The summed E-state index contributed by atoms with van der Waals surface area (Å²) < 4.78 is 7.44. The molecule has 1 aliphatic heterocycles. The Kier molecular flexibility index (Phi) is 7.59. The molecule has 1 aromatic heterocycles. The number of carbonyl (C=O) groups is 1. The summed E-state index contributed by atoms with van der Waals surface area (Å²) in [5.74, 6) is 0.184. The van der Waals surface area contributed by atoms with Crippen LogP contribution in [0.2, 0.25) is 10.0 Å². The van der Waals surface area contributed by atoms with Gasteiger partial charge in [-0.05, 0) is 45.0 Å². The Balaban J connectivity index is 2.02. The third kappa shape index (κ3) is 4.56. The van der Waals surface area contributed by atoms with Crippen LogP contribution in [0.4, 0.5) is 0 Å². The summed E-state index contributed by atoms with van der Waals surface area (Å²) >= 11 is 13.4. The molecule has 36 heavy (non-hydrogen) atoms. The number of phenolic OH excluding ortho intramolecular Hbond substituents is 1. The minimum atomic E-state index is -0.746. The first-order chi connectivity index (χ1) is 17.2. The van der Waals surface area contributed by atoms with E-state index in [2.05, 4.69) is 4.99 Å². The molecule has 7 nitrogen and oxygen atoms in total. The summed E-state index contributed by atoms with van der Waals surface area (Å²) in [6.07, 6.45) is 1.53. The highest BCUT2D eigenvalue weighted by Crippen LogP contribution is 2.36. The number of allylic oxidation sites excluding steroid dienone is 1. The molecule has 0 saturated carbocycles. The predicted molar refractivity (Wildman–Crippen MR) is 143 cm³/mol. The summed E-state index contributed by atoms with van der Waals surface area (Å²) in [7, 11) is 1.55. The standard InChI is InChI=1S/C26H25Cl2N3O4S/c1-5-30(6-2)25(34)21-14(3)29-26-31(22(21)17-9-7-8-10-19(17)35-4)24(33)20(36-26)12-15-11-16(27)13-18(28)23(15)32/h7-13,22,32H,5-6H2,1-4H3/b20-12+/t22-/m0/s1. The summed E-state index contributed by atoms with van der Waals surface area (Å²) in [6.45, 7) is 6.63. The fourth-order valence-corrected chi connectivity index (χ4v) is 5.85. The number of para-hydroxylation sites is 1. The third-order valence-corrected chi connectivity index (χ3v) is 7.57. The molecule has 4 rings (SSSR count). The molecule has 0 saturated heterocycles. The topological polar surface area (TPSA) is 84.1 Å². The van der Waals surface area contributed by atoms with Gasteiger partial charge in [-0.15, -0.1) is 0 Å². The number of fused-ring (bicyclic) bond motifs is 1. The number of likely N-dealkylation sites (N-methyl/N-ethyl adjacent to an activating group) is 1. The number of phenols is 1. The molecule has 3 aromatic rings. The van der Waals surface area contributed by atoms with Gasteiger partial charge in [0.2, 0.25) is 0 Å². The number of hydrogen-bond acceptors (Lipinski definition) is 6. The minimum absolute atomic E-state index is 0.0800. The lowest BCUT2D eigenvalue weighted by Crippen LogP contribution is -2.43. The van der Waals surface area contributed by atoms with E-state index in [-0.39, 0.29) is 22.2 Å². The summed E-state index contributed by atoms with van der Waals surface area (Å²) in [6, 6.07) is 9.52. The molecule has 0 fully saturated rings. The second-order valence-corrected chi connectivity index (χ2v) is 9.98. The largest absolute Gasteiger partial charge is 0.506 e. The van der Waals surface area contributed by atoms with Crippen LogP contribution in [0.15, 0.2) is 57.5 Å². The van der Waals surface area contributed by atoms with Gasteiger partial charge in [0.25, 0.3) is 11.5 Å². The molecule has 0 spiro atoms. The van der Waals surface area contributed by atoms with Gasteiger partial charge < -0.3 is 14.7 Å². The second kappa shape index (κ2) is 10.5. The van der Waals surface area contributed by atoms with Gasteiger partial charge in [-0.1, -0.05) is 52.7 Å². The van der Waals surface area contributed by atoms with Crippen molar-refractivity contribution in [3.8, 4) is 11.5 Å². The summed E-state index contributed by atoms with van der Waals surface area (Å²) in [5.41, 5.74) is 1.57. The normalized spacial score (nSPS) is 15.5. The van der Waals surface area contributed by atoms with Gasteiger partial charge in [0, 0.05) is 29.2 Å². The van der Waals surface area contributed by atoms with Crippen LogP contribution < -0.4 is 19.6 Å². The number of benzene rings is 2. The molecular formula is C26H25Cl2N3O4S. The van der Waals surface area contributed by atoms with E-state index in [1.165, 1.54) is 22.8 Å². The summed E-state index contributed by atoms with van der Waals surface area (Å²) in [4.78, 5) is 34.3. The lowest BCUT2D eigenvalue weighted by molar-refractivity contribution is -0.127. The monoisotopic (exact) mass is 545 g/mol. The number of carbonyl (C=O) groups excluding carboxylic acids is 1. The van der Waals surface area contributed by atoms with Crippen LogP contribution in [-0.2, 0) is 4.79 Å². The third-order valence-electron chi connectivity index (χ3n) is 6.08. The van der Waals surface area contributed by atoms with Crippen molar-refractivity contribution in [1.29, 1.82) is 0 Å². The Labute approximate surface area is 222 Å². The zero-order valence-electron chi connectivity index (χ0n) is 20.2. The molecule has 1 N–H and O–H groups in total. The van der Waals surface area contributed by atoms with Crippen LogP contribution in [0.5, 0.6) is 11.5 Å². The number of nitrogens with zero attached hydrogens (tertiary/aromatic N) is 3. The Morgan fingerprint density at radius 1 is 1.25 bits per heavy atom. The molecule has 0 radical (unpaired) electrons. The number of methoxy groups -OCH3 is 1. The predicted octanol–water partition coefficient (Wildman–Crippen LogP) is 4.12. The number of hydrogen-bond donors (Lipinski definition) is 1. The van der Waals surface area contributed by atoms with Gasteiger partial charge in [0.15, 0.2) is 4.80 Å². The number of ether oxygens (including phenoxy) is 1. The van der Waals surface area contributed by atoms with Crippen LogP contribution >= 0.6 is 34.5 Å². The molecule has 10 heteroatoms. The van der Waals surface area contributed by atoms with Crippen molar-refractivity contribution in [1.82, 2.24) is 9.47 Å². The lowest BCUT2D eigenvalue weighted by Gasteiger charge is -2.29. The van der Waals surface area contributed by atoms with Gasteiger partial charge in [-0.2, -0.15) is 0 Å². The van der Waals surface area contributed by atoms with E-state index in [0.717, 1.165) is 11.3 Å². The molecular weight excluding hydrogens is 521 g/mol. The molecule has 2 heterocycles. The first-order valence-corrected chi connectivity index (χ1v) is 12.9. The van der Waals surface area contributed by atoms with Gasteiger partial charge in [0.1, 0.15) is 17.5 Å². The van der Waals surface area contributed by atoms with E-state index in [1.54, 1.807) is 25.0 Å². The Morgan fingerprint density at radius 3 is 2.61 bits per heavy atom. The van der Waals surface area contributed by atoms with Gasteiger partial charge in [0.05, 0.1) is 27.9 Å². The maximum absolute atomic E-state index is 13.8. The molecule has 0 aliphatic carbocycles. The van der Waals surface area contributed by atoms with Crippen LogP contribution in [0.25, 0.3) is 6.08 Å². The zero-order chi connectivity index (χ0) is 26.1. The van der Waals surface area contributed by atoms with E-state index in [9.17, 15) is 14.7 Å². The fourth-order valence-electron chi connectivity index (χ4n) is 4.30. The Bertz CT molecular complexity index is 1550. The van der Waals surface area contributed by atoms with Crippen molar-refractivity contribution < 1.29 is 14.6 Å². The van der Waals surface area contributed by atoms with Crippen molar-refractivity contribution in [3.05, 3.63) is 88.5 Å². The first kappa shape index (κ1) is 26.0. The first-order valence-electron chi connectivity index (χ1n) is 11.3. The Hall–Kier alpha value is -3.07. The van der Waals surface area contributed by atoms with Crippen LogP contribution in [-0.4, -0.2) is 40.7 Å². The zero-order valence-corrected chi connectivity index (χ0v) is 22.5. The molecule has 2 aromatic carbocycles. The van der Waals surface area contributed by atoms with Crippen LogP contribution in [0.1, 0.15) is 37.9 Å². The van der Waals surface area contributed by atoms with Crippen molar-refractivity contribution in [2.24, 2.45) is 4.99 Å². The average Bonchev–Trinajstić information content (AvgIpc) is 3.16. The van der Waals surface area contributed by atoms with E-state index < -0.39 is 6.04 Å². The molecule has 0 bridgehead atoms. The second-order valence-electron chi connectivity index (χ2n) is 8.13. The minimum Gasteiger partial charge on any atom is -0.506 e. The summed E-state index contributed by atoms with van der Waals surface area (Å²) in [5, 5.41) is 10.8. The average molecular weight is 546 g/mol. The SMILES string of the molecule is CCN(CC)C(=O)C1=C(C)N=c2s/c(=C/c3cc(Cl)cc(Cl)c3O)c(=O)n2[C@H]1c1ccccc1OC. The number of aromatic nitrogens is 1. The molecule has 0 unspecified atom stereocenters. The highest BCUT2D eigenvalue weighted by atomic mass is 35.5. The van der Waals surface area contributed by atoms with Gasteiger partial charge in [-0.25, -0.2) is 4.99 Å². The Morgan fingerprint density at radius 2 is 1.94 bits per heavy atom. The number of aromatic hydroxyl groups is 1. The van der Waals surface area contributed by atoms with Gasteiger partial charge >= 0.3 is 0 Å². The smallest absolute Gasteiger partial charge is 0.271 e. The van der Waals surface area contributed by atoms with E-state index in [1.807, 2.05) is 32.0 Å². The molecule has 1 amide bonds. The quantitative estimate of drug-likeness (QED) is 0.504. The highest BCUT2D eigenvalue weighted by molar-refractivity contribution is 7.07. The van der Waals surface area contributed by atoms with Crippen molar-refractivity contribution in [2.45, 2.75) is 26.8 Å². The van der Waals surface area contributed by atoms with Crippen LogP contribution in [0.3, 0.4) is 0 Å². The van der Waals surface area contributed by atoms with Crippen molar-refractivity contribution in [3.63, 3.8) is 0 Å². The van der Waals surface area contributed by atoms with E-state index >= 15 is 0 Å². The number of thiazole rings is 1. The van der Waals surface area contributed by atoms with Crippen molar-refractivity contribution in [2.75, 3.05) is 20.2 Å². The van der Waals surface area contributed by atoms with E-state index in [0.29, 0.717) is 55.6 Å². The van der Waals surface area contributed by atoms with E-state index in [4.69, 9.17) is 27.9 Å². The highest BCUT2D eigenvalue weighted by Gasteiger charge is 2.35. The maximum atomic E-state index is 13.8.